The molecule has 0 radical (unpaired) electrons. The Bertz CT molecular complexity index is 800. The van der Waals surface area contributed by atoms with Crippen LogP contribution >= 0.6 is 35.6 Å². The van der Waals surface area contributed by atoms with Gasteiger partial charge in [0.1, 0.15) is 5.75 Å². The molecule has 3 rings (SSSR count). The van der Waals surface area contributed by atoms with E-state index < -0.39 is 0 Å². The van der Waals surface area contributed by atoms with Gasteiger partial charge in [0.05, 0.1) is 25.3 Å². The average Bonchev–Trinajstić information content (AvgIpc) is 2.94. The lowest BCUT2D eigenvalue weighted by Gasteiger charge is -2.14. The Hall–Kier alpha value is -1.87. The molecule has 1 aliphatic rings. The Balaban J connectivity index is 0.00000280. The molecule has 6 nitrogen and oxygen atoms in total. The molecule has 0 saturated carbocycles. The fourth-order valence-electron chi connectivity index (χ4n) is 2.72. The zero-order valence-electron chi connectivity index (χ0n) is 16.0. The molecular weight excluding hydrogens is 493 g/mol. The van der Waals surface area contributed by atoms with Crippen molar-refractivity contribution < 1.29 is 14.2 Å². The standard InChI is InChI=1S/C20H24ClN3O3.HI/c1-22-20(23-12-14-4-6-16(25-2)7-5-14)24-13-15-10-17(21)19-18(11-15)26-8-3-9-27-19;/h4-7,10-11H,3,8-9,12-13H2,1-2H3,(H2,22,23,24);1H. The number of guanidine groups is 1. The highest BCUT2D eigenvalue weighted by Gasteiger charge is 2.15. The fraction of sp³-hybridized carbons (Fsp3) is 0.350. The maximum Gasteiger partial charge on any atom is 0.191 e. The number of nitrogens with zero attached hydrogens (tertiary/aromatic N) is 1. The molecule has 0 spiro atoms. The van der Waals surface area contributed by atoms with Crippen molar-refractivity contribution in [3.8, 4) is 17.2 Å². The number of benzene rings is 2. The van der Waals surface area contributed by atoms with Gasteiger partial charge in [-0.3, -0.25) is 4.99 Å². The van der Waals surface area contributed by atoms with E-state index in [1.165, 1.54) is 0 Å². The number of hydrogen-bond donors (Lipinski definition) is 2. The summed E-state index contributed by atoms with van der Waals surface area (Å²) in [5.74, 6) is 2.86. The highest BCUT2D eigenvalue weighted by atomic mass is 127. The molecule has 0 unspecified atom stereocenters. The van der Waals surface area contributed by atoms with Crippen LogP contribution in [0.15, 0.2) is 41.4 Å². The first-order valence-corrected chi connectivity index (χ1v) is 9.23. The zero-order chi connectivity index (χ0) is 19.1. The summed E-state index contributed by atoms with van der Waals surface area (Å²) in [6.45, 7) is 2.47. The maximum atomic E-state index is 6.35. The summed E-state index contributed by atoms with van der Waals surface area (Å²) < 4.78 is 16.6. The van der Waals surface area contributed by atoms with Crippen LogP contribution in [0.2, 0.25) is 5.02 Å². The molecule has 1 aliphatic heterocycles. The average molecular weight is 518 g/mol. The number of rotatable bonds is 5. The summed E-state index contributed by atoms with van der Waals surface area (Å²) in [7, 11) is 3.40. The third kappa shape index (κ3) is 6.07. The highest BCUT2D eigenvalue weighted by molar-refractivity contribution is 14.0. The number of methoxy groups -OCH3 is 1. The summed E-state index contributed by atoms with van der Waals surface area (Å²) in [4.78, 5) is 4.26. The summed E-state index contributed by atoms with van der Waals surface area (Å²) in [6, 6.07) is 11.8. The lowest BCUT2D eigenvalue weighted by molar-refractivity contribution is 0.297. The highest BCUT2D eigenvalue weighted by Crippen LogP contribution is 2.37. The van der Waals surface area contributed by atoms with Crippen molar-refractivity contribution in [3.05, 3.63) is 52.5 Å². The Labute approximate surface area is 187 Å². The van der Waals surface area contributed by atoms with Crippen LogP contribution in [0.3, 0.4) is 0 Å². The predicted molar refractivity (Wildman–Crippen MR) is 123 cm³/mol. The van der Waals surface area contributed by atoms with Crippen LogP contribution in [0.1, 0.15) is 17.5 Å². The number of ether oxygens (including phenoxy) is 3. The van der Waals surface area contributed by atoms with E-state index in [9.17, 15) is 0 Å². The van der Waals surface area contributed by atoms with Crippen LogP contribution in [0.25, 0.3) is 0 Å². The fourth-order valence-corrected chi connectivity index (χ4v) is 3.01. The molecule has 28 heavy (non-hydrogen) atoms. The van der Waals surface area contributed by atoms with Crippen LogP contribution in [-0.2, 0) is 13.1 Å². The Morgan fingerprint density at radius 2 is 1.75 bits per heavy atom. The van der Waals surface area contributed by atoms with Crippen molar-refractivity contribution in [1.29, 1.82) is 0 Å². The summed E-state index contributed by atoms with van der Waals surface area (Å²) in [5, 5.41) is 7.14. The first-order chi connectivity index (χ1) is 13.2. The van der Waals surface area contributed by atoms with Crippen molar-refractivity contribution in [2.75, 3.05) is 27.4 Å². The van der Waals surface area contributed by atoms with Gasteiger partial charge in [0.2, 0.25) is 0 Å². The Morgan fingerprint density at radius 3 is 2.43 bits per heavy atom. The molecule has 152 valence electrons. The minimum Gasteiger partial charge on any atom is -0.497 e. The number of nitrogens with one attached hydrogen (secondary N) is 2. The lowest BCUT2D eigenvalue weighted by Crippen LogP contribution is -2.36. The summed E-state index contributed by atoms with van der Waals surface area (Å²) in [5.41, 5.74) is 2.13. The van der Waals surface area contributed by atoms with E-state index >= 15 is 0 Å². The number of halogens is 2. The van der Waals surface area contributed by atoms with E-state index in [0.717, 1.165) is 23.3 Å². The van der Waals surface area contributed by atoms with Gasteiger partial charge in [-0.2, -0.15) is 0 Å². The van der Waals surface area contributed by atoms with Gasteiger partial charge >= 0.3 is 0 Å². The first-order valence-electron chi connectivity index (χ1n) is 8.85. The Kier molecular flexibility index (Phi) is 8.98. The first kappa shape index (κ1) is 22.4. The lowest BCUT2D eigenvalue weighted by atomic mass is 10.2. The molecule has 1 heterocycles. The van der Waals surface area contributed by atoms with E-state index in [4.69, 9.17) is 25.8 Å². The van der Waals surface area contributed by atoms with E-state index in [1.54, 1.807) is 14.2 Å². The predicted octanol–water partition coefficient (Wildman–Crippen LogP) is 3.99. The van der Waals surface area contributed by atoms with E-state index in [0.29, 0.717) is 48.8 Å². The normalized spacial score (nSPS) is 13.2. The van der Waals surface area contributed by atoms with Crippen molar-refractivity contribution in [3.63, 3.8) is 0 Å². The molecule has 2 aromatic carbocycles. The second kappa shape index (κ2) is 11.2. The second-order valence-electron chi connectivity index (χ2n) is 6.08. The van der Waals surface area contributed by atoms with Gasteiger partial charge in [0.15, 0.2) is 17.5 Å². The smallest absolute Gasteiger partial charge is 0.191 e. The van der Waals surface area contributed by atoms with Gasteiger partial charge in [-0.25, -0.2) is 0 Å². The second-order valence-corrected chi connectivity index (χ2v) is 6.49. The molecule has 2 aromatic rings. The third-order valence-corrected chi connectivity index (χ3v) is 4.45. The molecule has 2 N–H and O–H groups in total. The molecule has 0 aliphatic carbocycles. The van der Waals surface area contributed by atoms with E-state index in [1.807, 2.05) is 36.4 Å². The molecule has 0 aromatic heterocycles. The number of hydrogen-bond acceptors (Lipinski definition) is 4. The van der Waals surface area contributed by atoms with Gasteiger partial charge in [-0.05, 0) is 35.4 Å². The zero-order valence-corrected chi connectivity index (χ0v) is 19.0. The minimum atomic E-state index is 0. The van der Waals surface area contributed by atoms with Crippen LogP contribution in [0.5, 0.6) is 17.2 Å². The van der Waals surface area contributed by atoms with Gasteiger partial charge in [0, 0.05) is 26.6 Å². The molecular formula is C20H25ClIN3O3. The minimum absolute atomic E-state index is 0. The molecule has 0 fully saturated rings. The SMILES string of the molecule is CN=C(NCc1ccc(OC)cc1)NCc1cc(Cl)c2c(c1)OCCCO2.I. The van der Waals surface area contributed by atoms with Crippen LogP contribution in [-0.4, -0.2) is 33.3 Å². The molecule has 8 heteroatoms. The van der Waals surface area contributed by atoms with Gasteiger partial charge < -0.3 is 24.8 Å². The van der Waals surface area contributed by atoms with Gasteiger partial charge in [-0.15, -0.1) is 24.0 Å². The van der Waals surface area contributed by atoms with Crippen molar-refractivity contribution >= 4 is 41.5 Å². The van der Waals surface area contributed by atoms with E-state index in [2.05, 4.69) is 15.6 Å². The Morgan fingerprint density at radius 1 is 1.07 bits per heavy atom. The van der Waals surface area contributed by atoms with Crippen LogP contribution in [0, 0.1) is 0 Å². The molecule has 0 bridgehead atoms. The number of aliphatic imine (C=N–C) groups is 1. The van der Waals surface area contributed by atoms with Gasteiger partial charge in [-0.1, -0.05) is 23.7 Å². The quantitative estimate of drug-likeness (QED) is 0.357. The van der Waals surface area contributed by atoms with Crippen molar-refractivity contribution in [2.24, 2.45) is 4.99 Å². The van der Waals surface area contributed by atoms with E-state index in [-0.39, 0.29) is 24.0 Å². The number of fused-ring (bicyclic) bond motifs is 1. The topological polar surface area (TPSA) is 64.1 Å². The van der Waals surface area contributed by atoms with Gasteiger partial charge in [0.25, 0.3) is 0 Å². The van der Waals surface area contributed by atoms with Crippen molar-refractivity contribution in [2.45, 2.75) is 19.5 Å². The van der Waals surface area contributed by atoms with Crippen LogP contribution in [0.4, 0.5) is 0 Å². The van der Waals surface area contributed by atoms with Crippen molar-refractivity contribution in [1.82, 2.24) is 10.6 Å². The monoisotopic (exact) mass is 517 g/mol. The molecule has 0 saturated heterocycles. The summed E-state index contributed by atoms with van der Waals surface area (Å²) >= 11 is 6.35. The molecule has 0 amide bonds. The largest absolute Gasteiger partial charge is 0.497 e. The third-order valence-electron chi connectivity index (χ3n) is 4.16. The molecule has 0 atom stereocenters. The summed E-state index contributed by atoms with van der Waals surface area (Å²) in [6.07, 6.45) is 0.848. The maximum absolute atomic E-state index is 6.35. The van der Waals surface area contributed by atoms with Crippen LogP contribution < -0.4 is 24.8 Å².